The minimum absolute atomic E-state index is 0.218. The fourth-order valence-electron chi connectivity index (χ4n) is 2.96. The van der Waals surface area contributed by atoms with Crippen LogP contribution >= 0.6 is 0 Å². The second-order valence-corrected chi connectivity index (χ2v) is 7.98. The highest BCUT2D eigenvalue weighted by Crippen LogP contribution is 2.07. The number of H-pyrrole nitrogens is 1. The summed E-state index contributed by atoms with van der Waals surface area (Å²) in [5.41, 5.74) is 5.21. The third-order valence-electron chi connectivity index (χ3n) is 4.63. The van der Waals surface area contributed by atoms with Gasteiger partial charge in [-0.3, -0.25) is 9.89 Å². The topological polar surface area (TPSA) is 101 Å². The van der Waals surface area contributed by atoms with Crippen molar-refractivity contribution in [3.05, 3.63) is 118 Å². The second-order valence-electron chi connectivity index (χ2n) is 7.98. The van der Waals surface area contributed by atoms with Gasteiger partial charge in [0, 0.05) is 23.5 Å². The number of aryl methyl sites for hydroxylation is 4. The van der Waals surface area contributed by atoms with Crippen molar-refractivity contribution >= 4 is 24.0 Å². The number of hydrogen-bond acceptors (Lipinski definition) is 4. The van der Waals surface area contributed by atoms with E-state index in [0.717, 1.165) is 34.4 Å². The van der Waals surface area contributed by atoms with Gasteiger partial charge >= 0.3 is 5.97 Å². The molecular formula is C28H28F2N4O3. The second kappa shape index (κ2) is 14.0. The standard InChI is InChI=1S/C14H13FN2O.C9H7FO2.C5H8N2/c1-10-9-11(2)17(16-10)14(18)8-5-12-3-6-13(15)7-4-12;10-8-4-1-7(2-5-8)3-6-9(11)12;1-4-3-5(2)7-6-4/h3-9H,1-2H3;1-6H,(H,11,12);3H,1-2H3,(H,6,7)/b8-5+;6-3+;. The molecule has 0 unspecified atom stereocenters. The van der Waals surface area contributed by atoms with Crippen molar-refractivity contribution < 1.29 is 23.5 Å². The van der Waals surface area contributed by atoms with Crippen LogP contribution in [0.25, 0.3) is 12.2 Å². The monoisotopic (exact) mass is 506 g/mol. The number of carbonyl (C=O) groups excluding carboxylic acids is 1. The van der Waals surface area contributed by atoms with E-state index in [4.69, 9.17) is 5.11 Å². The van der Waals surface area contributed by atoms with Crippen LogP contribution < -0.4 is 0 Å². The van der Waals surface area contributed by atoms with E-state index in [0.29, 0.717) is 5.56 Å². The highest BCUT2D eigenvalue weighted by atomic mass is 19.1. The highest BCUT2D eigenvalue weighted by Gasteiger charge is 2.06. The Kier molecular flexibility index (Phi) is 10.8. The summed E-state index contributed by atoms with van der Waals surface area (Å²) in [4.78, 5) is 21.9. The SMILES string of the molecule is Cc1cc(C)[nH]n1.Cc1cc(C)n(C(=O)/C=C/c2ccc(F)cc2)n1.O=C(O)/C=C/c1ccc(F)cc1. The van der Waals surface area contributed by atoms with E-state index >= 15 is 0 Å². The molecule has 2 aromatic carbocycles. The lowest BCUT2D eigenvalue weighted by Gasteiger charge is -1.97. The van der Waals surface area contributed by atoms with Gasteiger partial charge in [0.25, 0.3) is 5.91 Å². The Hall–Kier alpha value is -4.66. The molecule has 2 N–H and O–H groups in total. The Labute approximate surface area is 213 Å². The van der Waals surface area contributed by atoms with Crippen LogP contribution in [-0.2, 0) is 4.79 Å². The van der Waals surface area contributed by atoms with Crippen molar-refractivity contribution in [3.8, 4) is 0 Å². The summed E-state index contributed by atoms with van der Waals surface area (Å²) < 4.78 is 26.4. The number of carboxylic acids is 1. The largest absolute Gasteiger partial charge is 0.478 e. The molecule has 2 aromatic heterocycles. The Morgan fingerprint density at radius 3 is 1.68 bits per heavy atom. The molecule has 0 aliphatic carbocycles. The Morgan fingerprint density at radius 2 is 1.32 bits per heavy atom. The molecule has 2 heterocycles. The normalized spacial score (nSPS) is 10.5. The van der Waals surface area contributed by atoms with Gasteiger partial charge in [0.1, 0.15) is 11.6 Å². The molecular weight excluding hydrogens is 478 g/mol. The molecule has 0 amide bonds. The molecule has 0 bridgehead atoms. The van der Waals surface area contributed by atoms with Gasteiger partial charge in [-0.15, -0.1) is 0 Å². The average molecular weight is 507 g/mol. The first-order chi connectivity index (χ1) is 17.5. The maximum Gasteiger partial charge on any atom is 0.328 e. The lowest BCUT2D eigenvalue weighted by molar-refractivity contribution is -0.131. The molecule has 0 spiro atoms. The number of nitrogens with zero attached hydrogens (tertiary/aromatic N) is 3. The number of hydrogen-bond donors (Lipinski definition) is 2. The van der Waals surface area contributed by atoms with Crippen LogP contribution in [0.1, 0.15) is 38.7 Å². The number of benzene rings is 2. The van der Waals surface area contributed by atoms with Gasteiger partial charge < -0.3 is 5.11 Å². The van der Waals surface area contributed by atoms with Crippen molar-refractivity contribution in [3.63, 3.8) is 0 Å². The number of aromatic amines is 1. The first kappa shape index (κ1) is 28.6. The zero-order valence-electron chi connectivity index (χ0n) is 20.9. The van der Waals surface area contributed by atoms with Crippen molar-refractivity contribution in [1.29, 1.82) is 0 Å². The summed E-state index contributed by atoms with van der Waals surface area (Å²) in [6.07, 6.45) is 5.47. The number of rotatable bonds is 4. The molecule has 37 heavy (non-hydrogen) atoms. The molecule has 0 aliphatic rings. The number of carboxylic acid groups (broad SMARTS) is 1. The van der Waals surface area contributed by atoms with Crippen LogP contribution in [-0.4, -0.2) is 37.0 Å². The van der Waals surface area contributed by atoms with E-state index < -0.39 is 5.97 Å². The number of carbonyl (C=O) groups is 2. The fourth-order valence-corrected chi connectivity index (χ4v) is 2.96. The minimum atomic E-state index is -1.01. The van der Waals surface area contributed by atoms with Crippen molar-refractivity contribution in [1.82, 2.24) is 20.0 Å². The molecule has 0 saturated heterocycles. The molecule has 0 fully saturated rings. The molecule has 9 heteroatoms. The predicted molar refractivity (Wildman–Crippen MR) is 139 cm³/mol. The zero-order valence-corrected chi connectivity index (χ0v) is 20.9. The van der Waals surface area contributed by atoms with Crippen LogP contribution in [0.5, 0.6) is 0 Å². The number of nitrogens with one attached hydrogen (secondary N) is 1. The first-order valence-corrected chi connectivity index (χ1v) is 11.2. The van der Waals surface area contributed by atoms with Gasteiger partial charge in [0.15, 0.2) is 0 Å². The number of allylic oxidation sites excluding steroid dienone is 1. The van der Waals surface area contributed by atoms with Gasteiger partial charge in [-0.25, -0.2) is 18.3 Å². The Morgan fingerprint density at radius 1 is 0.811 bits per heavy atom. The lowest BCUT2D eigenvalue weighted by Crippen LogP contribution is -2.10. The van der Waals surface area contributed by atoms with E-state index in [-0.39, 0.29) is 17.5 Å². The van der Waals surface area contributed by atoms with E-state index in [1.54, 1.807) is 18.2 Å². The third kappa shape index (κ3) is 10.6. The number of halogens is 2. The van der Waals surface area contributed by atoms with Gasteiger partial charge in [-0.2, -0.15) is 10.2 Å². The van der Waals surface area contributed by atoms with E-state index in [2.05, 4.69) is 15.3 Å². The quantitative estimate of drug-likeness (QED) is 0.334. The maximum atomic E-state index is 12.7. The first-order valence-electron chi connectivity index (χ1n) is 11.2. The summed E-state index contributed by atoms with van der Waals surface area (Å²) >= 11 is 0. The molecule has 192 valence electrons. The summed E-state index contributed by atoms with van der Waals surface area (Å²) in [6, 6.07) is 15.3. The highest BCUT2D eigenvalue weighted by molar-refractivity contribution is 5.93. The van der Waals surface area contributed by atoms with Crippen LogP contribution in [0.15, 0.2) is 72.8 Å². The third-order valence-corrected chi connectivity index (χ3v) is 4.63. The van der Waals surface area contributed by atoms with Crippen molar-refractivity contribution in [2.75, 3.05) is 0 Å². The van der Waals surface area contributed by atoms with E-state index in [1.807, 2.05) is 39.8 Å². The summed E-state index contributed by atoms with van der Waals surface area (Å²) in [5, 5.41) is 19.1. The summed E-state index contributed by atoms with van der Waals surface area (Å²) in [6.45, 7) is 7.60. The molecule has 0 aliphatic heterocycles. The smallest absolute Gasteiger partial charge is 0.328 e. The average Bonchev–Trinajstić information content (AvgIpc) is 3.41. The minimum Gasteiger partial charge on any atom is -0.478 e. The number of aliphatic carboxylic acids is 1. The number of aromatic nitrogens is 4. The molecule has 0 atom stereocenters. The van der Waals surface area contributed by atoms with Crippen LogP contribution in [0.4, 0.5) is 8.78 Å². The van der Waals surface area contributed by atoms with Gasteiger partial charge in [0.05, 0.1) is 11.4 Å². The predicted octanol–water partition coefficient (Wildman–Crippen LogP) is 5.94. The Bertz CT molecular complexity index is 1350. The van der Waals surface area contributed by atoms with Crippen LogP contribution in [0.2, 0.25) is 0 Å². The van der Waals surface area contributed by atoms with Crippen molar-refractivity contribution in [2.24, 2.45) is 0 Å². The molecule has 0 saturated carbocycles. The van der Waals surface area contributed by atoms with Gasteiger partial charge in [-0.1, -0.05) is 24.3 Å². The maximum absolute atomic E-state index is 12.7. The van der Waals surface area contributed by atoms with Gasteiger partial charge in [-0.05, 0) is 87.4 Å². The van der Waals surface area contributed by atoms with Crippen molar-refractivity contribution in [2.45, 2.75) is 27.7 Å². The summed E-state index contributed by atoms with van der Waals surface area (Å²) in [7, 11) is 0. The van der Waals surface area contributed by atoms with E-state index in [1.165, 1.54) is 53.2 Å². The molecule has 4 rings (SSSR count). The lowest BCUT2D eigenvalue weighted by atomic mass is 10.2. The molecule has 4 aromatic rings. The van der Waals surface area contributed by atoms with Crippen LogP contribution in [0, 0.1) is 39.3 Å². The van der Waals surface area contributed by atoms with Gasteiger partial charge in [0.2, 0.25) is 0 Å². The Balaban J connectivity index is 0.000000217. The zero-order chi connectivity index (χ0) is 27.4. The molecule has 0 radical (unpaired) electrons. The fraction of sp³-hybridized carbons (Fsp3) is 0.143. The summed E-state index contributed by atoms with van der Waals surface area (Å²) in [5.74, 6) is -1.86. The van der Waals surface area contributed by atoms with Crippen LogP contribution in [0.3, 0.4) is 0 Å². The van der Waals surface area contributed by atoms with E-state index in [9.17, 15) is 18.4 Å². The molecule has 7 nitrogen and oxygen atoms in total.